The van der Waals surface area contributed by atoms with Crippen molar-refractivity contribution in [1.29, 1.82) is 0 Å². The van der Waals surface area contributed by atoms with Gasteiger partial charge in [0.05, 0.1) is 0 Å². The second-order valence-electron chi connectivity index (χ2n) is 4.27. The summed E-state index contributed by atoms with van der Waals surface area (Å²) in [7, 11) is 0. The molecule has 0 radical (unpaired) electrons. The van der Waals surface area contributed by atoms with Gasteiger partial charge in [0.15, 0.2) is 0 Å². The van der Waals surface area contributed by atoms with E-state index in [1.807, 2.05) is 43.3 Å². The molecule has 0 aliphatic carbocycles. The molecule has 2 aromatic heterocycles. The molecule has 1 amide bonds. The molecule has 1 aromatic carbocycles. The molecule has 0 saturated carbocycles. The fourth-order valence-corrected chi connectivity index (χ4v) is 1.69. The van der Waals surface area contributed by atoms with Crippen molar-refractivity contribution in [2.45, 2.75) is 13.8 Å². The second kappa shape index (κ2) is 5.44. The lowest BCUT2D eigenvalue weighted by Crippen LogP contribution is -2.07. The van der Waals surface area contributed by atoms with Gasteiger partial charge in [-0.1, -0.05) is 6.07 Å². The average Bonchev–Trinajstić information content (AvgIpc) is 3.00. The van der Waals surface area contributed by atoms with Crippen molar-refractivity contribution >= 4 is 28.4 Å². The minimum absolute atomic E-state index is 0.0799. The zero-order chi connectivity index (χ0) is 13.8. The van der Waals surface area contributed by atoms with Crippen LogP contribution in [0.15, 0.2) is 46.9 Å². The van der Waals surface area contributed by atoms with E-state index in [-0.39, 0.29) is 5.91 Å². The third-order valence-electron chi connectivity index (χ3n) is 2.75. The number of nitrogen functional groups attached to an aromatic ring is 1. The van der Waals surface area contributed by atoms with Crippen molar-refractivity contribution < 1.29 is 9.21 Å². The molecule has 3 N–H and O–H groups in total. The Morgan fingerprint density at radius 3 is 2.11 bits per heavy atom. The quantitative estimate of drug-likeness (QED) is 0.655. The fraction of sp³-hybridized carbons (Fsp3) is 0.133. The minimum atomic E-state index is -0.0799. The molecule has 0 saturated heterocycles. The molecule has 0 fully saturated rings. The third-order valence-corrected chi connectivity index (χ3v) is 2.75. The zero-order valence-corrected chi connectivity index (χ0v) is 10.9. The lowest BCUT2D eigenvalue weighted by Gasteiger charge is -2.07. The highest BCUT2D eigenvalue weighted by atomic mass is 16.3. The molecule has 0 spiro atoms. The lowest BCUT2D eigenvalue weighted by molar-refractivity contribution is -0.114. The molecule has 0 aliphatic rings. The van der Waals surface area contributed by atoms with Gasteiger partial charge in [0.25, 0.3) is 0 Å². The van der Waals surface area contributed by atoms with Gasteiger partial charge >= 0.3 is 0 Å². The molecule has 3 rings (SSSR count). The molecule has 2 bridgehead atoms. The maximum Gasteiger partial charge on any atom is 0.221 e. The van der Waals surface area contributed by atoms with E-state index in [1.165, 1.54) is 6.92 Å². The highest BCUT2D eigenvalue weighted by Gasteiger charge is 2.01. The maximum atomic E-state index is 10.7. The number of benzene rings is 2. The van der Waals surface area contributed by atoms with E-state index in [0.29, 0.717) is 5.69 Å². The Labute approximate surface area is 111 Å². The number of furan rings is 2. The Balaban J connectivity index is 0.000000159. The summed E-state index contributed by atoms with van der Waals surface area (Å²) in [5, 5.41) is 2.69. The lowest BCUT2D eigenvalue weighted by atomic mass is 10.1. The van der Waals surface area contributed by atoms with E-state index < -0.39 is 0 Å². The number of hydrogen-bond donors (Lipinski definition) is 2. The van der Waals surface area contributed by atoms with Crippen LogP contribution in [-0.4, -0.2) is 5.91 Å². The van der Waals surface area contributed by atoms with Gasteiger partial charge in [-0.05, 0) is 48.9 Å². The summed E-state index contributed by atoms with van der Waals surface area (Å²) in [6.07, 6.45) is 0. The van der Waals surface area contributed by atoms with Gasteiger partial charge in [0.2, 0.25) is 5.91 Å². The van der Waals surface area contributed by atoms with Crippen molar-refractivity contribution in [2.75, 3.05) is 11.1 Å². The van der Waals surface area contributed by atoms with E-state index in [4.69, 9.17) is 10.2 Å². The predicted octanol–water partition coefficient (Wildman–Crippen LogP) is 3.41. The number of hydrogen-bond acceptors (Lipinski definition) is 3. The fourth-order valence-electron chi connectivity index (χ4n) is 1.69. The second-order valence-corrected chi connectivity index (χ2v) is 4.27. The first-order valence-corrected chi connectivity index (χ1v) is 5.97. The van der Waals surface area contributed by atoms with Crippen LogP contribution in [-0.2, 0) is 4.79 Å². The molecular weight excluding hydrogens is 240 g/mol. The van der Waals surface area contributed by atoms with E-state index >= 15 is 0 Å². The number of amides is 1. The van der Waals surface area contributed by atoms with Crippen LogP contribution in [0.2, 0.25) is 0 Å². The maximum absolute atomic E-state index is 10.7. The van der Waals surface area contributed by atoms with Crippen LogP contribution >= 0.6 is 0 Å². The van der Waals surface area contributed by atoms with Gasteiger partial charge in [-0.15, -0.1) is 0 Å². The van der Waals surface area contributed by atoms with Gasteiger partial charge in [0.1, 0.15) is 11.2 Å². The van der Waals surface area contributed by atoms with Crippen LogP contribution in [0.3, 0.4) is 0 Å². The van der Waals surface area contributed by atoms with Crippen LogP contribution in [0, 0.1) is 6.92 Å². The summed E-state index contributed by atoms with van der Waals surface area (Å²) in [4.78, 5) is 10.7. The number of nitrogens with one attached hydrogen (secondary N) is 1. The SMILES string of the molecule is CC(=O)Nc1cccc(N)c1C.c1cc2ccc1o2. The van der Waals surface area contributed by atoms with Crippen LogP contribution in [0.4, 0.5) is 11.4 Å². The van der Waals surface area contributed by atoms with E-state index in [9.17, 15) is 4.79 Å². The first kappa shape index (κ1) is 13.0. The normalized spacial score (nSPS) is 10.0. The predicted molar refractivity (Wildman–Crippen MR) is 77.3 cm³/mol. The third kappa shape index (κ3) is 3.25. The van der Waals surface area contributed by atoms with Crippen LogP contribution in [0.5, 0.6) is 0 Å². The van der Waals surface area contributed by atoms with Crippen LogP contribution in [0.25, 0.3) is 11.2 Å². The number of anilines is 2. The topological polar surface area (TPSA) is 68.3 Å². The Morgan fingerprint density at radius 1 is 1.11 bits per heavy atom. The summed E-state index contributed by atoms with van der Waals surface area (Å²) in [5.41, 5.74) is 9.97. The van der Waals surface area contributed by atoms with Gasteiger partial charge in [-0.2, -0.15) is 0 Å². The summed E-state index contributed by atoms with van der Waals surface area (Å²) in [6, 6.07) is 13.3. The van der Waals surface area contributed by atoms with Crippen molar-refractivity contribution in [3.63, 3.8) is 0 Å². The Kier molecular flexibility index (Phi) is 3.71. The zero-order valence-electron chi connectivity index (χ0n) is 10.9. The molecule has 0 aliphatic heterocycles. The number of carbonyl (C=O) groups excluding carboxylic acids is 1. The smallest absolute Gasteiger partial charge is 0.221 e. The highest BCUT2D eigenvalue weighted by Crippen LogP contribution is 2.19. The standard InChI is InChI=1S/C9H12N2O.C6H4O/c1-6-8(10)4-3-5-9(6)11-7(2)12;1-2-6-4-3-5(1)7-6/h3-5H,10H2,1-2H3,(H,11,12);1-4H. The molecule has 19 heavy (non-hydrogen) atoms. The van der Waals surface area contributed by atoms with E-state index in [2.05, 4.69) is 5.32 Å². The Bertz CT molecular complexity index is 628. The number of nitrogens with two attached hydrogens (primary N) is 1. The summed E-state index contributed by atoms with van der Waals surface area (Å²) in [5.74, 6) is -0.0799. The Hall–Kier alpha value is -2.49. The van der Waals surface area contributed by atoms with Gasteiger partial charge < -0.3 is 15.5 Å². The first-order valence-electron chi connectivity index (χ1n) is 5.97. The van der Waals surface area contributed by atoms with Gasteiger partial charge in [-0.3, -0.25) is 4.79 Å². The number of rotatable bonds is 1. The van der Waals surface area contributed by atoms with Gasteiger partial charge in [-0.25, -0.2) is 0 Å². The first-order chi connectivity index (χ1) is 9.06. The Morgan fingerprint density at radius 2 is 1.68 bits per heavy atom. The summed E-state index contributed by atoms with van der Waals surface area (Å²) >= 11 is 0. The molecule has 0 unspecified atom stereocenters. The number of fused-ring (bicyclic) bond motifs is 2. The van der Waals surface area contributed by atoms with Crippen LogP contribution < -0.4 is 11.1 Å². The summed E-state index contributed by atoms with van der Waals surface area (Å²) < 4.78 is 5.08. The van der Waals surface area contributed by atoms with Crippen LogP contribution in [0.1, 0.15) is 12.5 Å². The van der Waals surface area contributed by atoms with Crippen molar-refractivity contribution in [1.82, 2.24) is 0 Å². The molecule has 4 heteroatoms. The van der Waals surface area contributed by atoms with Gasteiger partial charge in [0, 0.05) is 18.3 Å². The van der Waals surface area contributed by atoms with Crippen molar-refractivity contribution in [3.8, 4) is 0 Å². The van der Waals surface area contributed by atoms with Crippen molar-refractivity contribution in [2.24, 2.45) is 0 Å². The molecule has 0 atom stereocenters. The summed E-state index contributed by atoms with van der Waals surface area (Å²) in [6.45, 7) is 3.35. The number of carbonyl (C=O) groups is 1. The van der Waals surface area contributed by atoms with E-state index in [0.717, 1.165) is 22.4 Å². The minimum Gasteiger partial charge on any atom is -0.457 e. The molecular formula is C15H16N2O2. The molecule has 2 heterocycles. The molecule has 98 valence electrons. The molecule has 3 aromatic rings. The highest BCUT2D eigenvalue weighted by molar-refractivity contribution is 5.90. The largest absolute Gasteiger partial charge is 0.457 e. The monoisotopic (exact) mass is 256 g/mol. The average molecular weight is 256 g/mol. The molecule has 4 nitrogen and oxygen atoms in total. The van der Waals surface area contributed by atoms with Crippen molar-refractivity contribution in [3.05, 3.63) is 48.0 Å². The van der Waals surface area contributed by atoms with E-state index in [1.54, 1.807) is 6.07 Å².